The van der Waals surface area contributed by atoms with Crippen molar-refractivity contribution >= 4 is 46.4 Å². The molecule has 2 saturated carbocycles. The molecular weight excluding hydrogens is 668 g/mol. The number of hydrogen-bond donors (Lipinski definition) is 3. The van der Waals surface area contributed by atoms with Crippen LogP contribution in [0.15, 0.2) is 36.4 Å². The van der Waals surface area contributed by atoms with Crippen molar-refractivity contribution in [1.82, 2.24) is 20.5 Å². The lowest BCUT2D eigenvalue weighted by molar-refractivity contribution is -0.145. The highest BCUT2D eigenvalue weighted by Gasteiger charge is 2.61. The number of nitrogens with one attached hydrogen (secondary N) is 2. The Morgan fingerprint density at radius 3 is 2.70 bits per heavy atom. The van der Waals surface area contributed by atoms with E-state index in [1.807, 2.05) is 18.2 Å². The van der Waals surface area contributed by atoms with E-state index in [9.17, 15) is 24.3 Å². The summed E-state index contributed by atoms with van der Waals surface area (Å²) in [6, 6.07) is 5.43. The Morgan fingerprint density at radius 1 is 1.12 bits per heavy atom. The van der Waals surface area contributed by atoms with E-state index < -0.39 is 41.7 Å². The molecule has 1 aromatic heterocycles. The van der Waals surface area contributed by atoms with Crippen molar-refractivity contribution < 1.29 is 43.2 Å². The number of carboxylic acid groups (broad SMARTS) is 1. The average Bonchev–Trinajstić information content (AvgIpc) is 3.35. The molecule has 2 aromatic rings. The summed E-state index contributed by atoms with van der Waals surface area (Å²) < 4.78 is 23.0. The van der Waals surface area contributed by atoms with Crippen molar-refractivity contribution in [2.75, 3.05) is 26.9 Å². The third-order valence-electron chi connectivity index (χ3n) is 10.0. The number of fused-ring (bicyclic) bond motifs is 3. The number of methoxy groups -OCH3 is 1. The van der Waals surface area contributed by atoms with Crippen LogP contribution in [0.5, 0.6) is 11.6 Å². The molecule has 14 heteroatoms. The monoisotopic (exact) mass is 712 g/mol. The van der Waals surface area contributed by atoms with E-state index in [-0.39, 0.29) is 56.2 Å². The van der Waals surface area contributed by atoms with Gasteiger partial charge in [0.15, 0.2) is 0 Å². The molecule has 0 spiro atoms. The fourth-order valence-electron chi connectivity index (χ4n) is 7.24. The van der Waals surface area contributed by atoms with Gasteiger partial charge in [-0.3, -0.25) is 9.59 Å². The number of hydrogen-bond acceptors (Lipinski definition) is 9. The lowest BCUT2D eigenvalue weighted by atomic mass is 10.0. The normalized spacial score (nSPS) is 28.1. The molecule has 1 aromatic carbocycles. The fourth-order valence-corrected chi connectivity index (χ4v) is 7.46. The SMILES string of the molecule is COCCOc1cc(O[C@@H]2C[C@H]3C(=O)N[C@]4(C(=O)O)C[C@H]4/C=C\CCCC[C@H](NC(=O)OC4CCCC4)CC(=O)N3C2)c2cccc(Cl)c2n1. The van der Waals surface area contributed by atoms with E-state index in [0.717, 1.165) is 44.9 Å². The summed E-state index contributed by atoms with van der Waals surface area (Å²) in [5.74, 6) is -1.69. The molecule has 3 heterocycles. The van der Waals surface area contributed by atoms with E-state index in [4.69, 9.17) is 30.5 Å². The molecule has 3 amide bonds. The summed E-state index contributed by atoms with van der Waals surface area (Å²) >= 11 is 6.50. The first-order valence-corrected chi connectivity index (χ1v) is 17.9. The Hall–Kier alpha value is -4.10. The van der Waals surface area contributed by atoms with Gasteiger partial charge in [0.05, 0.1) is 23.7 Å². The van der Waals surface area contributed by atoms with Crippen LogP contribution in [0.4, 0.5) is 4.79 Å². The van der Waals surface area contributed by atoms with Gasteiger partial charge in [-0.15, -0.1) is 0 Å². The molecule has 13 nitrogen and oxygen atoms in total. The Kier molecular flexibility index (Phi) is 11.3. The van der Waals surface area contributed by atoms with Crippen molar-refractivity contribution in [1.29, 1.82) is 0 Å². The Labute approximate surface area is 296 Å². The highest BCUT2D eigenvalue weighted by molar-refractivity contribution is 6.35. The first-order valence-electron chi connectivity index (χ1n) is 17.5. The summed E-state index contributed by atoms with van der Waals surface area (Å²) in [5, 5.41) is 16.9. The molecule has 0 radical (unpaired) electrons. The van der Waals surface area contributed by atoms with Crippen molar-refractivity contribution in [3.63, 3.8) is 0 Å². The van der Waals surface area contributed by atoms with Crippen molar-refractivity contribution in [3.8, 4) is 11.6 Å². The number of carbonyl (C=O) groups excluding carboxylic acids is 3. The number of rotatable bonds is 9. The second kappa shape index (κ2) is 15.8. The number of pyridine rings is 1. The molecule has 0 unspecified atom stereocenters. The van der Waals surface area contributed by atoms with Gasteiger partial charge in [0.2, 0.25) is 17.7 Å². The molecule has 1 saturated heterocycles. The van der Waals surface area contributed by atoms with Gasteiger partial charge in [-0.2, -0.15) is 0 Å². The number of nitrogens with zero attached hydrogens (tertiary/aromatic N) is 2. The average molecular weight is 713 g/mol. The predicted octanol–water partition coefficient (Wildman–Crippen LogP) is 4.78. The Balaban J connectivity index is 1.26. The van der Waals surface area contributed by atoms with Gasteiger partial charge in [0, 0.05) is 43.4 Å². The van der Waals surface area contributed by atoms with Crippen molar-refractivity contribution in [2.24, 2.45) is 5.92 Å². The third-order valence-corrected chi connectivity index (χ3v) is 10.4. The van der Waals surface area contributed by atoms with Gasteiger partial charge in [-0.25, -0.2) is 14.6 Å². The molecule has 0 bridgehead atoms. The summed E-state index contributed by atoms with van der Waals surface area (Å²) in [6.07, 6.45) is 9.32. The molecule has 3 fully saturated rings. The van der Waals surface area contributed by atoms with Gasteiger partial charge in [0.25, 0.3) is 0 Å². The van der Waals surface area contributed by atoms with Crippen LogP contribution in [0, 0.1) is 5.92 Å². The highest BCUT2D eigenvalue weighted by Crippen LogP contribution is 2.45. The van der Waals surface area contributed by atoms with E-state index in [1.165, 1.54) is 4.90 Å². The lowest BCUT2D eigenvalue weighted by Gasteiger charge is -2.27. The summed E-state index contributed by atoms with van der Waals surface area (Å²) in [7, 11) is 1.57. The zero-order valence-electron chi connectivity index (χ0n) is 28.2. The highest BCUT2D eigenvalue weighted by atomic mass is 35.5. The number of alkyl carbamates (subject to hydrolysis) is 1. The number of halogens is 1. The minimum atomic E-state index is -1.43. The molecule has 2 aliphatic carbocycles. The maximum atomic E-state index is 14.1. The van der Waals surface area contributed by atoms with Crippen molar-refractivity contribution in [2.45, 2.75) is 100 Å². The van der Waals surface area contributed by atoms with E-state index in [2.05, 4.69) is 15.6 Å². The molecule has 3 N–H and O–H groups in total. The van der Waals surface area contributed by atoms with Crippen LogP contribution >= 0.6 is 11.6 Å². The number of aliphatic carboxylic acids is 1. The second-order valence-electron chi connectivity index (χ2n) is 13.6. The van der Waals surface area contributed by atoms with Gasteiger partial charge < -0.3 is 39.6 Å². The maximum absolute atomic E-state index is 14.1. The Bertz CT molecular complexity index is 1620. The standard InChI is InChI=1S/C36H45ClN4O9/c1-47-15-16-48-30-19-29(26-13-8-14-27(37)32(26)39-30)49-25-18-28-33(43)40-36(34(44)45)20-22(36)9-4-2-3-5-10-23(17-31(42)41(28)21-25)38-35(46)50-24-11-6-7-12-24/h4,8-9,13-14,19,22-25,28H,2-3,5-7,10-12,15-18,20-21H2,1H3,(H,38,46)(H,40,43)(H,44,45)/b9-4-/t22-,23+,25-,28+,36-/m1/s1. The van der Waals surface area contributed by atoms with E-state index >= 15 is 0 Å². The number of allylic oxidation sites excluding steroid dienone is 1. The fraction of sp³-hybridized carbons (Fsp3) is 0.583. The summed E-state index contributed by atoms with van der Waals surface area (Å²) in [4.78, 5) is 59.3. The first-order chi connectivity index (χ1) is 24.2. The first kappa shape index (κ1) is 35.7. The summed E-state index contributed by atoms with van der Waals surface area (Å²) in [6.45, 7) is 0.652. The number of benzene rings is 1. The van der Waals surface area contributed by atoms with Crippen LogP contribution in [0.25, 0.3) is 10.9 Å². The van der Waals surface area contributed by atoms with Crippen LogP contribution in [0.3, 0.4) is 0 Å². The van der Waals surface area contributed by atoms with Crippen LogP contribution in [-0.4, -0.2) is 95.6 Å². The number of aromatic nitrogens is 1. The van der Waals surface area contributed by atoms with Gasteiger partial charge in [-0.05, 0) is 63.5 Å². The van der Waals surface area contributed by atoms with Crippen LogP contribution in [0.1, 0.15) is 70.6 Å². The molecule has 270 valence electrons. The molecular formula is C36H45ClN4O9. The topological polar surface area (TPSA) is 166 Å². The lowest BCUT2D eigenvalue weighted by Crippen LogP contribution is -2.53. The van der Waals surface area contributed by atoms with Gasteiger partial charge in [0.1, 0.15) is 36.1 Å². The number of carbonyl (C=O) groups is 4. The Morgan fingerprint density at radius 2 is 1.92 bits per heavy atom. The molecule has 6 rings (SSSR count). The zero-order chi connectivity index (χ0) is 35.3. The third kappa shape index (κ3) is 8.26. The molecule has 4 aliphatic rings. The van der Waals surface area contributed by atoms with E-state index in [0.29, 0.717) is 34.7 Å². The van der Waals surface area contributed by atoms with Crippen molar-refractivity contribution in [3.05, 3.63) is 41.4 Å². The zero-order valence-corrected chi connectivity index (χ0v) is 29.0. The van der Waals surface area contributed by atoms with E-state index in [1.54, 1.807) is 25.3 Å². The van der Waals surface area contributed by atoms with Gasteiger partial charge in [-0.1, -0.05) is 36.2 Å². The largest absolute Gasteiger partial charge is 0.488 e. The number of amides is 3. The minimum absolute atomic E-state index is 0.0515. The van der Waals surface area contributed by atoms with Crippen LogP contribution < -0.4 is 20.1 Å². The van der Waals surface area contributed by atoms with Crippen LogP contribution in [-0.2, 0) is 23.9 Å². The minimum Gasteiger partial charge on any atom is -0.488 e. The molecule has 50 heavy (non-hydrogen) atoms. The predicted molar refractivity (Wildman–Crippen MR) is 183 cm³/mol. The molecule has 5 atom stereocenters. The number of carboxylic acids is 1. The summed E-state index contributed by atoms with van der Waals surface area (Å²) in [5.41, 5.74) is -0.961. The van der Waals surface area contributed by atoms with Gasteiger partial charge >= 0.3 is 12.1 Å². The van der Waals surface area contributed by atoms with Crippen LogP contribution in [0.2, 0.25) is 5.02 Å². The number of para-hydroxylation sites is 1. The molecule has 2 aliphatic heterocycles. The quantitative estimate of drug-likeness (QED) is 0.243. The number of ether oxygens (including phenoxy) is 4. The maximum Gasteiger partial charge on any atom is 0.407 e. The second-order valence-corrected chi connectivity index (χ2v) is 14.0. The smallest absolute Gasteiger partial charge is 0.407 e.